The zero-order chi connectivity index (χ0) is 17.6. The Morgan fingerprint density at radius 3 is 2.64 bits per heavy atom. The van der Waals surface area contributed by atoms with Crippen LogP contribution in [0.25, 0.3) is 0 Å². The van der Waals surface area contributed by atoms with Crippen molar-refractivity contribution in [2.75, 3.05) is 26.2 Å². The molecule has 1 unspecified atom stereocenters. The first-order valence-electron chi connectivity index (χ1n) is 8.77. The summed E-state index contributed by atoms with van der Waals surface area (Å²) in [5.74, 6) is -0.230. The highest BCUT2D eigenvalue weighted by molar-refractivity contribution is 5.79. The average Bonchev–Trinajstić information content (AvgIpc) is 2.62. The van der Waals surface area contributed by atoms with E-state index in [0.29, 0.717) is 6.42 Å². The van der Waals surface area contributed by atoms with Crippen LogP contribution in [-0.4, -0.2) is 46.9 Å². The molecule has 2 aromatic rings. The molecule has 1 aromatic heterocycles. The Morgan fingerprint density at radius 2 is 1.96 bits per heavy atom. The molecule has 1 aliphatic heterocycles. The topological polar surface area (TPSA) is 36.4 Å². The van der Waals surface area contributed by atoms with Crippen LogP contribution in [0.4, 0.5) is 4.39 Å². The second-order valence-electron chi connectivity index (χ2n) is 6.66. The van der Waals surface area contributed by atoms with Crippen molar-refractivity contribution in [2.24, 2.45) is 5.92 Å². The van der Waals surface area contributed by atoms with E-state index in [1.54, 1.807) is 6.07 Å². The maximum atomic E-state index is 13.3. The van der Waals surface area contributed by atoms with Gasteiger partial charge in [-0.15, -0.1) is 0 Å². The summed E-state index contributed by atoms with van der Waals surface area (Å²) in [6, 6.07) is 12.4. The Bertz CT molecular complexity index is 699. The van der Waals surface area contributed by atoms with Crippen LogP contribution in [0.15, 0.2) is 48.7 Å². The number of hydrogen-bond acceptors (Lipinski definition) is 3. The van der Waals surface area contributed by atoms with Gasteiger partial charge < -0.3 is 4.90 Å². The summed E-state index contributed by atoms with van der Waals surface area (Å²) >= 11 is 0. The van der Waals surface area contributed by atoms with E-state index in [4.69, 9.17) is 0 Å². The Labute approximate surface area is 148 Å². The molecule has 0 spiro atoms. The number of amides is 1. The van der Waals surface area contributed by atoms with Gasteiger partial charge in [0.15, 0.2) is 0 Å². The maximum absolute atomic E-state index is 13.3. The molecule has 1 aliphatic rings. The number of carbonyl (C=O) groups excluding carboxylic acids is 1. The number of rotatable bonds is 5. The van der Waals surface area contributed by atoms with Crippen molar-refractivity contribution in [3.63, 3.8) is 0 Å². The first-order chi connectivity index (χ1) is 12.1. The highest BCUT2D eigenvalue weighted by Crippen LogP contribution is 2.15. The fourth-order valence-electron chi connectivity index (χ4n) is 3.26. The van der Waals surface area contributed by atoms with Gasteiger partial charge in [0.25, 0.3) is 0 Å². The Morgan fingerprint density at radius 1 is 1.16 bits per heavy atom. The van der Waals surface area contributed by atoms with Gasteiger partial charge in [-0.1, -0.05) is 25.1 Å². The second kappa shape index (κ2) is 8.21. The molecule has 132 valence electrons. The minimum atomic E-state index is -0.250. The monoisotopic (exact) mass is 341 g/mol. The van der Waals surface area contributed by atoms with E-state index in [1.165, 1.54) is 12.1 Å². The van der Waals surface area contributed by atoms with Crippen molar-refractivity contribution in [3.8, 4) is 0 Å². The van der Waals surface area contributed by atoms with Crippen LogP contribution in [0.1, 0.15) is 18.2 Å². The average molecular weight is 341 g/mol. The molecule has 0 aliphatic carbocycles. The molecule has 0 radical (unpaired) electrons. The van der Waals surface area contributed by atoms with Gasteiger partial charge in [-0.3, -0.25) is 14.7 Å². The van der Waals surface area contributed by atoms with Crippen LogP contribution in [-0.2, 0) is 17.8 Å². The van der Waals surface area contributed by atoms with Gasteiger partial charge in [0.05, 0.1) is 5.69 Å². The molecule has 1 saturated heterocycles. The highest BCUT2D eigenvalue weighted by Gasteiger charge is 2.25. The van der Waals surface area contributed by atoms with Crippen molar-refractivity contribution < 1.29 is 9.18 Å². The quantitative estimate of drug-likeness (QED) is 0.839. The molecular formula is C20H24FN3O. The lowest BCUT2D eigenvalue weighted by Crippen LogP contribution is -2.50. The molecular weight excluding hydrogens is 317 g/mol. The highest BCUT2D eigenvalue weighted by atomic mass is 19.1. The van der Waals surface area contributed by atoms with Crippen molar-refractivity contribution >= 4 is 5.91 Å². The van der Waals surface area contributed by atoms with Crippen molar-refractivity contribution in [2.45, 2.75) is 19.9 Å². The molecule has 2 heterocycles. The summed E-state index contributed by atoms with van der Waals surface area (Å²) in [6.07, 6.45) is 2.38. The minimum Gasteiger partial charge on any atom is -0.340 e. The van der Waals surface area contributed by atoms with Crippen LogP contribution in [0.3, 0.4) is 0 Å². The predicted octanol–water partition coefficient (Wildman–Crippen LogP) is 2.74. The van der Waals surface area contributed by atoms with Crippen LogP contribution in [0.5, 0.6) is 0 Å². The number of hydrogen-bond donors (Lipinski definition) is 0. The molecule has 0 saturated carbocycles. The molecule has 5 heteroatoms. The smallest absolute Gasteiger partial charge is 0.225 e. The van der Waals surface area contributed by atoms with E-state index >= 15 is 0 Å². The lowest BCUT2D eigenvalue weighted by molar-refractivity contribution is -0.136. The summed E-state index contributed by atoms with van der Waals surface area (Å²) in [5, 5.41) is 0. The number of aromatic nitrogens is 1. The summed E-state index contributed by atoms with van der Waals surface area (Å²) < 4.78 is 13.3. The first-order valence-corrected chi connectivity index (χ1v) is 8.77. The van der Waals surface area contributed by atoms with Crippen molar-refractivity contribution in [1.82, 2.24) is 14.8 Å². The third-order valence-corrected chi connectivity index (χ3v) is 4.65. The zero-order valence-corrected chi connectivity index (χ0v) is 14.6. The van der Waals surface area contributed by atoms with Gasteiger partial charge in [-0.2, -0.15) is 0 Å². The Balaban J connectivity index is 1.49. The predicted molar refractivity (Wildman–Crippen MR) is 95.4 cm³/mol. The third-order valence-electron chi connectivity index (χ3n) is 4.65. The standard InChI is InChI=1S/C20H24FN3O/c1-16(13-17-5-4-6-18(21)14-17)20(25)24-11-9-23(10-12-24)15-19-7-2-3-8-22-19/h2-8,14,16H,9-13,15H2,1H3. The molecule has 1 atom stereocenters. The zero-order valence-electron chi connectivity index (χ0n) is 14.6. The minimum absolute atomic E-state index is 0.135. The fourth-order valence-corrected chi connectivity index (χ4v) is 3.26. The molecule has 0 N–H and O–H groups in total. The number of benzene rings is 1. The van der Waals surface area contributed by atoms with Gasteiger partial charge in [-0.05, 0) is 36.2 Å². The Kier molecular flexibility index (Phi) is 5.76. The van der Waals surface area contributed by atoms with Gasteiger partial charge in [0, 0.05) is 44.8 Å². The van der Waals surface area contributed by atoms with Crippen molar-refractivity contribution in [3.05, 3.63) is 65.7 Å². The molecule has 1 amide bonds. The van der Waals surface area contributed by atoms with Crippen LogP contribution in [0.2, 0.25) is 0 Å². The number of carbonyl (C=O) groups is 1. The fraction of sp³-hybridized carbons (Fsp3) is 0.400. The first kappa shape index (κ1) is 17.5. The number of halogens is 1. The molecule has 1 fully saturated rings. The molecule has 1 aromatic carbocycles. The summed E-state index contributed by atoms with van der Waals surface area (Å²) in [6.45, 7) is 5.93. The summed E-state index contributed by atoms with van der Waals surface area (Å²) in [4.78, 5) is 21.3. The van der Waals surface area contributed by atoms with Crippen molar-refractivity contribution in [1.29, 1.82) is 0 Å². The molecule has 3 rings (SSSR count). The lowest BCUT2D eigenvalue weighted by Gasteiger charge is -2.35. The normalized spacial score (nSPS) is 16.6. The molecule has 25 heavy (non-hydrogen) atoms. The summed E-state index contributed by atoms with van der Waals surface area (Å²) in [5.41, 5.74) is 1.93. The van der Waals surface area contributed by atoms with Crippen LogP contribution >= 0.6 is 0 Å². The largest absolute Gasteiger partial charge is 0.340 e. The SMILES string of the molecule is CC(Cc1cccc(F)c1)C(=O)N1CCN(Cc2ccccn2)CC1. The Hall–Kier alpha value is -2.27. The van der Waals surface area contributed by atoms with Gasteiger partial charge in [0.2, 0.25) is 5.91 Å². The van der Waals surface area contributed by atoms with E-state index in [1.807, 2.05) is 42.3 Å². The molecule has 4 nitrogen and oxygen atoms in total. The number of piperazine rings is 1. The van der Waals surface area contributed by atoms with E-state index in [0.717, 1.165) is 44.0 Å². The molecule has 0 bridgehead atoms. The van der Waals surface area contributed by atoms with Crippen LogP contribution < -0.4 is 0 Å². The van der Waals surface area contributed by atoms with E-state index in [9.17, 15) is 9.18 Å². The second-order valence-corrected chi connectivity index (χ2v) is 6.66. The third kappa shape index (κ3) is 4.86. The van der Waals surface area contributed by atoms with Gasteiger partial charge in [0.1, 0.15) is 5.82 Å². The maximum Gasteiger partial charge on any atom is 0.225 e. The number of pyridine rings is 1. The van der Waals surface area contributed by atoms with E-state index < -0.39 is 0 Å². The van der Waals surface area contributed by atoms with Crippen LogP contribution in [0, 0.1) is 11.7 Å². The van der Waals surface area contributed by atoms with Gasteiger partial charge in [-0.25, -0.2) is 4.39 Å². The lowest BCUT2D eigenvalue weighted by atomic mass is 9.99. The van der Waals surface area contributed by atoms with Gasteiger partial charge >= 0.3 is 0 Å². The number of nitrogens with zero attached hydrogens (tertiary/aromatic N) is 3. The summed E-state index contributed by atoms with van der Waals surface area (Å²) in [7, 11) is 0. The van der Waals surface area contributed by atoms with E-state index in [2.05, 4.69) is 9.88 Å². The van der Waals surface area contributed by atoms with E-state index in [-0.39, 0.29) is 17.6 Å².